The van der Waals surface area contributed by atoms with Gasteiger partial charge in [-0.3, -0.25) is 0 Å². The zero-order valence-electron chi connectivity index (χ0n) is 11.7. The van der Waals surface area contributed by atoms with Crippen LogP contribution in [-0.2, 0) is 14.8 Å². The molecule has 1 aliphatic rings. The van der Waals surface area contributed by atoms with Crippen LogP contribution in [0.2, 0.25) is 0 Å². The van der Waals surface area contributed by atoms with Gasteiger partial charge in [0.25, 0.3) is 0 Å². The molecule has 116 valence electrons. The van der Waals surface area contributed by atoms with E-state index in [0.717, 1.165) is 0 Å². The van der Waals surface area contributed by atoms with Gasteiger partial charge in [-0.25, -0.2) is 23.3 Å². The van der Waals surface area contributed by atoms with Crippen molar-refractivity contribution in [1.82, 2.24) is 9.88 Å². The fourth-order valence-electron chi connectivity index (χ4n) is 2.16. The highest BCUT2D eigenvalue weighted by Crippen LogP contribution is 2.22. The van der Waals surface area contributed by atoms with E-state index in [0.29, 0.717) is 38.6 Å². The topological polar surface area (TPSA) is 106 Å². The number of nitrogens with two attached hydrogens (primary N) is 1. The van der Waals surface area contributed by atoms with Gasteiger partial charge in [0.1, 0.15) is 10.7 Å². The summed E-state index contributed by atoms with van der Waals surface area (Å²) in [5.74, 6) is 0.323. The van der Waals surface area contributed by atoms with Gasteiger partial charge < -0.3 is 14.5 Å². The van der Waals surface area contributed by atoms with E-state index in [4.69, 9.17) is 9.88 Å². The molecule has 1 aliphatic heterocycles. The second-order valence-corrected chi connectivity index (χ2v) is 6.07. The maximum absolute atomic E-state index is 11.6. The molecule has 0 aliphatic carbocycles. The first kappa shape index (κ1) is 15.5. The van der Waals surface area contributed by atoms with E-state index < -0.39 is 10.0 Å². The summed E-state index contributed by atoms with van der Waals surface area (Å²) >= 11 is 0. The Bertz CT molecular complexity index is 611. The fourth-order valence-corrected chi connectivity index (χ4v) is 2.86. The van der Waals surface area contributed by atoms with Gasteiger partial charge in [0.15, 0.2) is 0 Å². The van der Waals surface area contributed by atoms with Crippen LogP contribution >= 0.6 is 0 Å². The zero-order valence-corrected chi connectivity index (χ0v) is 12.5. The van der Waals surface area contributed by atoms with Gasteiger partial charge in [-0.05, 0) is 19.1 Å². The number of nitrogens with zero attached hydrogens (tertiary/aromatic N) is 3. The molecule has 2 heterocycles. The predicted molar refractivity (Wildman–Crippen MR) is 76.4 cm³/mol. The van der Waals surface area contributed by atoms with Crippen molar-refractivity contribution in [3.63, 3.8) is 0 Å². The standard InChI is InChI=1S/C12H18N4O4S/c1-2-20-12(17)16-8-6-15(7-9-16)11-10(21(13,18)19)4-3-5-14-11/h3-5H,2,6-9H2,1H3,(H2,13,18,19). The number of amides is 1. The number of carbonyl (C=O) groups is 1. The molecule has 1 aromatic heterocycles. The summed E-state index contributed by atoms with van der Waals surface area (Å²) in [7, 11) is -3.83. The highest BCUT2D eigenvalue weighted by Gasteiger charge is 2.26. The van der Waals surface area contributed by atoms with Crippen LogP contribution in [0.3, 0.4) is 0 Å². The Morgan fingerprint density at radius 1 is 1.38 bits per heavy atom. The molecular weight excluding hydrogens is 296 g/mol. The number of anilines is 1. The van der Waals surface area contributed by atoms with Crippen molar-refractivity contribution in [3.05, 3.63) is 18.3 Å². The number of hydrogen-bond acceptors (Lipinski definition) is 6. The van der Waals surface area contributed by atoms with Crippen LogP contribution < -0.4 is 10.0 Å². The normalized spacial score (nSPS) is 15.9. The third-order valence-corrected chi connectivity index (χ3v) is 4.09. The monoisotopic (exact) mass is 314 g/mol. The van der Waals surface area contributed by atoms with Crippen LogP contribution in [0.25, 0.3) is 0 Å². The van der Waals surface area contributed by atoms with Crippen molar-refractivity contribution in [2.24, 2.45) is 5.14 Å². The Morgan fingerprint density at radius 2 is 2.05 bits per heavy atom. The minimum absolute atomic E-state index is 0.00501. The molecule has 0 aromatic carbocycles. The molecule has 0 unspecified atom stereocenters. The lowest BCUT2D eigenvalue weighted by Crippen LogP contribution is -2.49. The van der Waals surface area contributed by atoms with Crippen molar-refractivity contribution < 1.29 is 17.9 Å². The first-order valence-corrected chi connectivity index (χ1v) is 8.12. The van der Waals surface area contributed by atoms with E-state index in [-0.39, 0.29) is 11.0 Å². The van der Waals surface area contributed by atoms with E-state index in [2.05, 4.69) is 4.98 Å². The number of sulfonamides is 1. The highest BCUT2D eigenvalue weighted by atomic mass is 32.2. The van der Waals surface area contributed by atoms with Crippen LogP contribution in [0.1, 0.15) is 6.92 Å². The molecule has 8 nitrogen and oxygen atoms in total. The summed E-state index contributed by atoms with van der Waals surface area (Å²) in [5, 5.41) is 5.20. The Labute approximate surface area is 123 Å². The molecule has 0 spiro atoms. The van der Waals surface area contributed by atoms with Crippen LogP contribution in [0.4, 0.5) is 10.6 Å². The van der Waals surface area contributed by atoms with Gasteiger partial charge in [0.05, 0.1) is 6.61 Å². The second kappa shape index (κ2) is 6.27. The lowest BCUT2D eigenvalue weighted by Gasteiger charge is -2.35. The third-order valence-electron chi connectivity index (χ3n) is 3.16. The van der Waals surface area contributed by atoms with Gasteiger partial charge in [-0.2, -0.15) is 0 Å². The minimum atomic E-state index is -3.83. The smallest absolute Gasteiger partial charge is 0.409 e. The first-order chi connectivity index (χ1) is 9.93. The number of carbonyl (C=O) groups excluding carboxylic acids is 1. The number of piperazine rings is 1. The Balaban J connectivity index is 2.12. The fraction of sp³-hybridized carbons (Fsp3) is 0.500. The zero-order chi connectivity index (χ0) is 15.5. The van der Waals surface area contributed by atoms with Gasteiger partial charge in [-0.1, -0.05) is 0 Å². The summed E-state index contributed by atoms with van der Waals surface area (Å²) in [5.41, 5.74) is 0. The molecule has 2 rings (SSSR count). The second-order valence-electron chi connectivity index (χ2n) is 4.54. The summed E-state index contributed by atoms with van der Waals surface area (Å²) in [6, 6.07) is 2.95. The minimum Gasteiger partial charge on any atom is -0.450 e. The molecule has 0 bridgehead atoms. The largest absolute Gasteiger partial charge is 0.450 e. The van der Waals surface area contributed by atoms with Gasteiger partial charge in [-0.15, -0.1) is 0 Å². The maximum atomic E-state index is 11.6. The SMILES string of the molecule is CCOC(=O)N1CCN(c2ncccc2S(N)(=O)=O)CC1. The number of ether oxygens (including phenoxy) is 1. The molecule has 21 heavy (non-hydrogen) atoms. The van der Waals surface area contributed by atoms with Crippen molar-refractivity contribution in [2.45, 2.75) is 11.8 Å². The van der Waals surface area contributed by atoms with Crippen molar-refractivity contribution in [2.75, 3.05) is 37.7 Å². The van der Waals surface area contributed by atoms with Crippen molar-refractivity contribution in [3.8, 4) is 0 Å². The molecule has 0 saturated carbocycles. The van der Waals surface area contributed by atoms with E-state index in [1.165, 1.54) is 18.3 Å². The maximum Gasteiger partial charge on any atom is 0.409 e. The lowest BCUT2D eigenvalue weighted by molar-refractivity contribution is 0.105. The Morgan fingerprint density at radius 3 is 2.62 bits per heavy atom. The molecule has 9 heteroatoms. The number of hydrogen-bond donors (Lipinski definition) is 1. The highest BCUT2D eigenvalue weighted by molar-refractivity contribution is 7.89. The molecular formula is C12H18N4O4S. The number of primary sulfonamides is 1. The summed E-state index contributed by atoms with van der Waals surface area (Å²) in [6.07, 6.45) is 1.16. The molecule has 0 radical (unpaired) electrons. The molecule has 0 atom stereocenters. The summed E-state index contributed by atoms with van der Waals surface area (Å²) in [6.45, 7) is 3.91. The van der Waals surface area contributed by atoms with Gasteiger partial charge >= 0.3 is 6.09 Å². The Hall–Kier alpha value is -1.87. The molecule has 2 N–H and O–H groups in total. The van der Waals surface area contributed by atoms with Crippen molar-refractivity contribution in [1.29, 1.82) is 0 Å². The lowest BCUT2D eigenvalue weighted by atomic mass is 10.3. The summed E-state index contributed by atoms with van der Waals surface area (Å²) in [4.78, 5) is 19.1. The average molecular weight is 314 g/mol. The van der Waals surface area contributed by atoms with E-state index in [9.17, 15) is 13.2 Å². The van der Waals surface area contributed by atoms with Crippen LogP contribution in [-0.4, -0.2) is 57.2 Å². The number of rotatable bonds is 3. The molecule has 1 amide bonds. The molecule has 1 aromatic rings. The average Bonchev–Trinajstić information content (AvgIpc) is 2.47. The van der Waals surface area contributed by atoms with E-state index >= 15 is 0 Å². The van der Waals surface area contributed by atoms with Crippen LogP contribution in [0.5, 0.6) is 0 Å². The first-order valence-electron chi connectivity index (χ1n) is 6.58. The van der Waals surface area contributed by atoms with E-state index in [1.807, 2.05) is 0 Å². The number of pyridine rings is 1. The quantitative estimate of drug-likeness (QED) is 0.842. The Kier molecular flexibility index (Phi) is 4.63. The number of aromatic nitrogens is 1. The third kappa shape index (κ3) is 3.61. The van der Waals surface area contributed by atoms with E-state index in [1.54, 1.807) is 16.7 Å². The predicted octanol–water partition coefficient (Wildman–Crippen LogP) is 0.00750. The summed E-state index contributed by atoms with van der Waals surface area (Å²) < 4.78 is 28.1. The van der Waals surface area contributed by atoms with Gasteiger partial charge in [0, 0.05) is 32.4 Å². The van der Waals surface area contributed by atoms with Crippen molar-refractivity contribution >= 4 is 21.9 Å². The van der Waals surface area contributed by atoms with Crippen LogP contribution in [0.15, 0.2) is 23.2 Å². The molecule has 1 fully saturated rings. The van der Waals surface area contributed by atoms with Gasteiger partial charge in [0.2, 0.25) is 10.0 Å². The van der Waals surface area contributed by atoms with Crippen LogP contribution in [0, 0.1) is 0 Å². The molecule has 1 saturated heterocycles.